The molecule has 2 aliphatic rings. The molecule has 1 atom stereocenters. The van der Waals surface area contributed by atoms with Gasteiger partial charge in [0.2, 0.25) is 11.8 Å². The molecule has 1 aromatic heterocycles. The molecular formula is C12H12N4O3. The monoisotopic (exact) mass is 260 g/mol. The van der Waals surface area contributed by atoms with Gasteiger partial charge < -0.3 is 4.90 Å². The van der Waals surface area contributed by atoms with E-state index in [1.165, 1.54) is 11.1 Å². The summed E-state index contributed by atoms with van der Waals surface area (Å²) in [6, 6.07) is -0.610. The lowest BCUT2D eigenvalue weighted by molar-refractivity contribution is -0.136. The molecule has 7 nitrogen and oxygen atoms in total. The van der Waals surface area contributed by atoms with Crippen molar-refractivity contribution in [3.8, 4) is 0 Å². The van der Waals surface area contributed by atoms with Crippen LogP contribution in [0.4, 0.5) is 0 Å². The standard InChI is InChI=1S/C12H12N4O3/c1-6-4-13-10-7(14-6)5-16(12(10)19)8-2-3-9(17)15-11(8)18/h4,8H,2-3,5H2,1H3,(H,15,17,18). The molecule has 2 aliphatic heterocycles. The molecule has 1 fully saturated rings. The molecule has 0 aliphatic carbocycles. The Balaban J connectivity index is 1.87. The number of carbonyl (C=O) groups is 3. The predicted molar refractivity (Wildman–Crippen MR) is 62.8 cm³/mol. The van der Waals surface area contributed by atoms with Crippen LogP contribution in [0.1, 0.15) is 34.7 Å². The fourth-order valence-corrected chi connectivity index (χ4v) is 2.42. The van der Waals surface area contributed by atoms with Crippen molar-refractivity contribution in [3.05, 3.63) is 23.3 Å². The quantitative estimate of drug-likeness (QED) is 0.690. The van der Waals surface area contributed by atoms with E-state index in [0.717, 1.165) is 5.69 Å². The minimum absolute atomic E-state index is 0.246. The lowest BCUT2D eigenvalue weighted by Gasteiger charge is -2.28. The van der Waals surface area contributed by atoms with Gasteiger partial charge in [-0.25, -0.2) is 4.98 Å². The molecule has 19 heavy (non-hydrogen) atoms. The largest absolute Gasteiger partial charge is 0.319 e. The number of nitrogens with zero attached hydrogens (tertiary/aromatic N) is 3. The van der Waals surface area contributed by atoms with Gasteiger partial charge in [-0.3, -0.25) is 24.7 Å². The third-order valence-electron chi connectivity index (χ3n) is 3.34. The van der Waals surface area contributed by atoms with Crippen LogP contribution in [-0.4, -0.2) is 38.6 Å². The van der Waals surface area contributed by atoms with Crippen LogP contribution in [0.15, 0.2) is 6.20 Å². The number of aryl methyl sites for hydroxylation is 1. The van der Waals surface area contributed by atoms with E-state index in [0.29, 0.717) is 17.8 Å². The highest BCUT2D eigenvalue weighted by atomic mass is 16.2. The van der Waals surface area contributed by atoms with Gasteiger partial charge in [-0.05, 0) is 13.3 Å². The average molecular weight is 260 g/mol. The lowest BCUT2D eigenvalue weighted by atomic mass is 10.0. The first kappa shape index (κ1) is 11.8. The van der Waals surface area contributed by atoms with E-state index in [-0.39, 0.29) is 24.8 Å². The number of nitrogens with one attached hydrogen (secondary N) is 1. The predicted octanol–water partition coefficient (Wildman–Crippen LogP) is -0.454. The Hall–Kier alpha value is -2.31. The second-order valence-corrected chi connectivity index (χ2v) is 4.71. The first-order valence-electron chi connectivity index (χ1n) is 6.03. The normalized spacial score (nSPS) is 22.5. The van der Waals surface area contributed by atoms with Crippen LogP contribution >= 0.6 is 0 Å². The molecule has 0 bridgehead atoms. The van der Waals surface area contributed by atoms with Gasteiger partial charge in [-0.1, -0.05) is 0 Å². The van der Waals surface area contributed by atoms with Crippen LogP contribution < -0.4 is 5.32 Å². The molecule has 0 radical (unpaired) electrons. The van der Waals surface area contributed by atoms with Crippen molar-refractivity contribution < 1.29 is 14.4 Å². The Morgan fingerprint density at radius 3 is 2.89 bits per heavy atom. The summed E-state index contributed by atoms with van der Waals surface area (Å²) in [6.45, 7) is 2.07. The summed E-state index contributed by atoms with van der Waals surface area (Å²) in [5, 5.41) is 2.25. The van der Waals surface area contributed by atoms with E-state index in [2.05, 4.69) is 15.3 Å². The maximum Gasteiger partial charge on any atom is 0.275 e. The number of rotatable bonds is 1. The zero-order valence-corrected chi connectivity index (χ0v) is 10.3. The second-order valence-electron chi connectivity index (χ2n) is 4.71. The molecule has 1 unspecified atom stereocenters. The van der Waals surface area contributed by atoms with Gasteiger partial charge >= 0.3 is 0 Å². The Morgan fingerprint density at radius 2 is 2.16 bits per heavy atom. The number of fused-ring (bicyclic) bond motifs is 1. The minimum Gasteiger partial charge on any atom is -0.319 e. The minimum atomic E-state index is -0.610. The van der Waals surface area contributed by atoms with E-state index in [4.69, 9.17) is 0 Å². The third kappa shape index (κ3) is 1.87. The van der Waals surface area contributed by atoms with Gasteiger partial charge in [0, 0.05) is 12.6 Å². The summed E-state index contributed by atoms with van der Waals surface area (Å²) >= 11 is 0. The third-order valence-corrected chi connectivity index (χ3v) is 3.34. The number of hydrogen-bond acceptors (Lipinski definition) is 5. The second kappa shape index (κ2) is 4.11. The zero-order chi connectivity index (χ0) is 13.6. The molecule has 3 rings (SSSR count). The maximum atomic E-state index is 12.2. The summed E-state index contributed by atoms with van der Waals surface area (Å²) in [5.74, 6) is -1.01. The van der Waals surface area contributed by atoms with Crippen molar-refractivity contribution >= 4 is 17.7 Å². The molecular weight excluding hydrogens is 248 g/mol. The highest BCUT2D eigenvalue weighted by Gasteiger charge is 2.40. The molecule has 0 saturated carbocycles. The van der Waals surface area contributed by atoms with Gasteiger partial charge in [0.15, 0.2) is 5.69 Å². The summed E-state index contributed by atoms with van der Waals surface area (Å²) in [4.78, 5) is 44.9. The summed E-state index contributed by atoms with van der Waals surface area (Å²) in [5.41, 5.74) is 1.63. The molecule has 0 spiro atoms. The number of hydrogen-bond donors (Lipinski definition) is 1. The summed E-state index contributed by atoms with van der Waals surface area (Å²) in [6.07, 6.45) is 2.13. The molecule has 1 N–H and O–H groups in total. The smallest absolute Gasteiger partial charge is 0.275 e. The Labute approximate surface area is 109 Å². The molecule has 3 heterocycles. The number of carbonyl (C=O) groups excluding carboxylic acids is 3. The zero-order valence-electron chi connectivity index (χ0n) is 10.3. The average Bonchev–Trinajstić information content (AvgIpc) is 2.66. The topological polar surface area (TPSA) is 92.3 Å². The van der Waals surface area contributed by atoms with Crippen molar-refractivity contribution in [1.82, 2.24) is 20.2 Å². The van der Waals surface area contributed by atoms with Crippen LogP contribution in [0, 0.1) is 6.92 Å². The number of piperidine rings is 1. The fraction of sp³-hybridized carbons (Fsp3) is 0.417. The van der Waals surface area contributed by atoms with Crippen molar-refractivity contribution in [2.45, 2.75) is 32.4 Å². The molecule has 0 aromatic carbocycles. The Bertz CT molecular complexity index is 599. The lowest BCUT2D eigenvalue weighted by Crippen LogP contribution is -2.52. The highest BCUT2D eigenvalue weighted by Crippen LogP contribution is 2.24. The number of imide groups is 1. The van der Waals surface area contributed by atoms with Gasteiger partial charge in [0.1, 0.15) is 6.04 Å². The molecule has 98 valence electrons. The molecule has 7 heteroatoms. The van der Waals surface area contributed by atoms with Crippen LogP contribution in [-0.2, 0) is 16.1 Å². The first-order chi connectivity index (χ1) is 9.06. The van der Waals surface area contributed by atoms with E-state index in [1.807, 2.05) is 0 Å². The molecule has 3 amide bonds. The summed E-state index contributed by atoms with van der Waals surface area (Å²) < 4.78 is 0. The maximum absolute atomic E-state index is 12.2. The van der Waals surface area contributed by atoms with Crippen LogP contribution in [0.25, 0.3) is 0 Å². The van der Waals surface area contributed by atoms with Crippen LogP contribution in [0.5, 0.6) is 0 Å². The Morgan fingerprint density at radius 1 is 1.37 bits per heavy atom. The van der Waals surface area contributed by atoms with E-state index >= 15 is 0 Å². The van der Waals surface area contributed by atoms with Gasteiger partial charge in [0.25, 0.3) is 5.91 Å². The van der Waals surface area contributed by atoms with E-state index in [1.54, 1.807) is 6.92 Å². The first-order valence-corrected chi connectivity index (χ1v) is 6.03. The van der Waals surface area contributed by atoms with Crippen LogP contribution in [0.3, 0.4) is 0 Å². The SMILES string of the molecule is Cc1cnc2c(n1)CN(C1CCC(=O)NC1=O)C2=O. The highest BCUT2D eigenvalue weighted by molar-refractivity contribution is 6.04. The molecule has 1 saturated heterocycles. The van der Waals surface area contributed by atoms with Crippen molar-refractivity contribution in [2.24, 2.45) is 0 Å². The van der Waals surface area contributed by atoms with Crippen molar-refractivity contribution in [2.75, 3.05) is 0 Å². The van der Waals surface area contributed by atoms with Gasteiger partial charge in [-0.15, -0.1) is 0 Å². The summed E-state index contributed by atoms with van der Waals surface area (Å²) in [7, 11) is 0. The van der Waals surface area contributed by atoms with Gasteiger partial charge in [-0.2, -0.15) is 0 Å². The van der Waals surface area contributed by atoms with Crippen molar-refractivity contribution in [1.29, 1.82) is 0 Å². The van der Waals surface area contributed by atoms with Crippen LogP contribution in [0.2, 0.25) is 0 Å². The number of aromatic nitrogens is 2. The van der Waals surface area contributed by atoms with Crippen molar-refractivity contribution in [3.63, 3.8) is 0 Å². The molecule has 1 aromatic rings. The van der Waals surface area contributed by atoms with Gasteiger partial charge in [0.05, 0.1) is 17.9 Å². The number of amides is 3. The van der Waals surface area contributed by atoms with E-state index < -0.39 is 11.9 Å². The van der Waals surface area contributed by atoms with E-state index in [9.17, 15) is 14.4 Å². The Kier molecular flexibility index (Phi) is 2.55. The fourth-order valence-electron chi connectivity index (χ4n) is 2.42.